The van der Waals surface area contributed by atoms with Gasteiger partial charge in [0.05, 0.1) is 42.1 Å². The number of carbonyl (C=O) groups is 4. The summed E-state index contributed by atoms with van der Waals surface area (Å²) in [7, 11) is 2.41. The molecule has 4 N–H and O–H groups in total. The van der Waals surface area contributed by atoms with Crippen LogP contribution in [-0.4, -0.2) is 59.0 Å². The average molecular weight is 497 g/mol. The Morgan fingerprint density at radius 1 is 1.00 bits per heavy atom. The molecule has 3 aromatic rings. The Kier molecular flexibility index (Phi) is 7.37. The molecule has 36 heavy (non-hydrogen) atoms. The van der Waals surface area contributed by atoms with Gasteiger partial charge in [-0.2, -0.15) is 10.2 Å². The third-order valence-corrected chi connectivity index (χ3v) is 4.86. The van der Waals surface area contributed by atoms with Crippen LogP contribution < -0.4 is 21.2 Å². The smallest absolute Gasteiger partial charge is 0.340 e. The zero-order valence-corrected chi connectivity index (χ0v) is 19.1. The molecule has 0 aliphatic rings. The van der Waals surface area contributed by atoms with Crippen LogP contribution >= 0.6 is 0 Å². The number of carboxylic acids is 1. The van der Waals surface area contributed by atoms with E-state index in [2.05, 4.69) is 30.3 Å². The number of esters is 1. The molecule has 1 amide bonds. The van der Waals surface area contributed by atoms with E-state index in [1.54, 1.807) is 0 Å². The number of aromatic amines is 2. The number of hydrogen-bond donors (Lipinski definition) is 4. The third-order valence-electron chi connectivity index (χ3n) is 4.86. The number of aromatic carboxylic acids is 1. The minimum Gasteiger partial charge on any atom is -0.494 e. The average Bonchev–Trinajstić information content (AvgIpc) is 2.83. The Bertz CT molecular complexity index is 1540. The number of benzene rings is 2. The second-order valence-electron chi connectivity index (χ2n) is 7.25. The highest BCUT2D eigenvalue weighted by Gasteiger charge is 2.25. The zero-order valence-electron chi connectivity index (χ0n) is 19.1. The van der Waals surface area contributed by atoms with Crippen molar-refractivity contribution in [3.05, 3.63) is 62.2 Å². The molecule has 0 radical (unpaired) electrons. The van der Waals surface area contributed by atoms with Gasteiger partial charge in [0, 0.05) is 6.07 Å². The first-order valence-electron chi connectivity index (χ1n) is 10.1. The van der Waals surface area contributed by atoms with Gasteiger partial charge in [-0.05, 0) is 31.2 Å². The van der Waals surface area contributed by atoms with Gasteiger partial charge in [0.15, 0.2) is 5.78 Å². The third kappa shape index (κ3) is 5.32. The molecular weight excluding hydrogens is 478 g/mol. The number of nitrogens with zero attached hydrogens (tertiary/aromatic N) is 2. The molecule has 0 aliphatic heterocycles. The molecule has 1 atom stereocenters. The van der Waals surface area contributed by atoms with Crippen molar-refractivity contribution in [1.82, 2.24) is 9.97 Å². The number of rotatable bonds is 8. The van der Waals surface area contributed by atoms with Crippen molar-refractivity contribution < 1.29 is 33.8 Å². The highest BCUT2D eigenvalue weighted by Crippen LogP contribution is 2.28. The van der Waals surface area contributed by atoms with Crippen LogP contribution in [0, 0.1) is 0 Å². The molecule has 0 saturated carbocycles. The van der Waals surface area contributed by atoms with Crippen LogP contribution in [0.3, 0.4) is 0 Å². The van der Waals surface area contributed by atoms with Crippen LogP contribution in [0.25, 0.3) is 11.0 Å². The van der Waals surface area contributed by atoms with E-state index in [1.165, 1.54) is 19.2 Å². The highest BCUT2D eigenvalue weighted by molar-refractivity contribution is 6.11. The predicted molar refractivity (Wildman–Crippen MR) is 124 cm³/mol. The van der Waals surface area contributed by atoms with Gasteiger partial charge in [0.1, 0.15) is 11.4 Å². The Morgan fingerprint density at radius 2 is 1.64 bits per heavy atom. The molecular formula is C22H19N5O9. The lowest BCUT2D eigenvalue weighted by Crippen LogP contribution is -2.32. The standard InChI is InChI=1S/C22H19N5O9/c1-9(28)17(27-26-12-6-10(21(32)33)4-5-11(12)22(34)36-3)18(29)25-15-7-13-14(8-16(15)35-2)24-20(31)19(30)23-13/h4-8,17H,1-3H3,(H,23,30)(H,24,31)(H,25,29)(H,32,33). The van der Waals surface area contributed by atoms with Crippen molar-refractivity contribution in [3.8, 4) is 5.75 Å². The molecule has 1 heterocycles. The van der Waals surface area contributed by atoms with Crippen molar-refractivity contribution >= 4 is 46.0 Å². The number of carbonyl (C=O) groups excluding carboxylic acids is 3. The lowest BCUT2D eigenvalue weighted by Gasteiger charge is -2.13. The van der Waals surface area contributed by atoms with E-state index in [0.717, 1.165) is 32.2 Å². The molecule has 1 aromatic heterocycles. The topological polar surface area (TPSA) is 209 Å². The van der Waals surface area contributed by atoms with E-state index in [0.29, 0.717) is 0 Å². The Morgan fingerprint density at radius 3 is 2.19 bits per heavy atom. The molecule has 3 rings (SSSR count). The maximum atomic E-state index is 12.9. The van der Waals surface area contributed by atoms with Gasteiger partial charge < -0.3 is 29.9 Å². The second-order valence-corrected chi connectivity index (χ2v) is 7.25. The summed E-state index contributed by atoms with van der Waals surface area (Å²) in [6.07, 6.45) is 0. The number of azo groups is 1. The molecule has 0 spiro atoms. The fourth-order valence-corrected chi connectivity index (χ4v) is 3.08. The van der Waals surface area contributed by atoms with Gasteiger partial charge in [-0.1, -0.05) is 0 Å². The van der Waals surface area contributed by atoms with Gasteiger partial charge in [-0.25, -0.2) is 9.59 Å². The summed E-state index contributed by atoms with van der Waals surface area (Å²) in [6, 6.07) is 4.33. The van der Waals surface area contributed by atoms with Crippen LogP contribution in [0.5, 0.6) is 5.75 Å². The SMILES string of the molecule is COC(=O)c1ccc(C(=O)O)cc1N=NC(C(C)=O)C(=O)Nc1cc2[nH]c(=O)c(=O)[nH]c2cc1OC. The van der Waals surface area contributed by atoms with Gasteiger partial charge in [0.2, 0.25) is 6.04 Å². The molecule has 14 nitrogen and oxygen atoms in total. The molecule has 0 bridgehead atoms. The summed E-state index contributed by atoms with van der Waals surface area (Å²) in [6.45, 7) is 1.08. The molecule has 186 valence electrons. The summed E-state index contributed by atoms with van der Waals surface area (Å²) < 4.78 is 9.85. The van der Waals surface area contributed by atoms with Crippen LogP contribution in [-0.2, 0) is 14.3 Å². The van der Waals surface area contributed by atoms with Crippen molar-refractivity contribution in [2.75, 3.05) is 19.5 Å². The largest absolute Gasteiger partial charge is 0.494 e. The molecule has 2 aromatic carbocycles. The first-order valence-corrected chi connectivity index (χ1v) is 10.1. The number of hydrogen-bond acceptors (Lipinski definition) is 10. The number of ketones is 1. The van der Waals surface area contributed by atoms with E-state index in [-0.39, 0.29) is 39.3 Å². The van der Waals surface area contributed by atoms with E-state index >= 15 is 0 Å². The van der Waals surface area contributed by atoms with Gasteiger partial charge in [-0.15, -0.1) is 0 Å². The lowest BCUT2D eigenvalue weighted by atomic mass is 10.1. The van der Waals surface area contributed by atoms with Crippen LogP contribution in [0.15, 0.2) is 50.1 Å². The molecule has 0 fully saturated rings. The number of anilines is 1. The molecule has 14 heteroatoms. The van der Waals surface area contributed by atoms with Crippen LogP contribution in [0.4, 0.5) is 11.4 Å². The van der Waals surface area contributed by atoms with Crippen molar-refractivity contribution in [3.63, 3.8) is 0 Å². The summed E-state index contributed by atoms with van der Waals surface area (Å²) in [5, 5.41) is 19.2. The zero-order chi connectivity index (χ0) is 26.6. The molecule has 1 unspecified atom stereocenters. The van der Waals surface area contributed by atoms with Crippen LogP contribution in [0.2, 0.25) is 0 Å². The monoisotopic (exact) mass is 497 g/mol. The first-order chi connectivity index (χ1) is 17.0. The predicted octanol–water partition coefficient (Wildman–Crippen LogP) is 1.39. The number of carboxylic acid groups (broad SMARTS) is 1. The first kappa shape index (κ1) is 25.5. The molecule has 0 aliphatic carbocycles. The number of ether oxygens (including phenoxy) is 2. The van der Waals surface area contributed by atoms with E-state index in [1.807, 2.05) is 0 Å². The quantitative estimate of drug-likeness (QED) is 0.153. The van der Waals surface area contributed by atoms with E-state index < -0.39 is 40.8 Å². The number of methoxy groups -OCH3 is 2. The molecule has 0 saturated heterocycles. The highest BCUT2D eigenvalue weighted by atomic mass is 16.5. The van der Waals surface area contributed by atoms with Gasteiger partial charge >= 0.3 is 23.1 Å². The lowest BCUT2D eigenvalue weighted by molar-refractivity contribution is -0.126. The number of amides is 1. The van der Waals surface area contributed by atoms with Crippen molar-refractivity contribution in [2.45, 2.75) is 13.0 Å². The maximum absolute atomic E-state index is 12.9. The maximum Gasteiger partial charge on any atom is 0.340 e. The second kappa shape index (κ2) is 10.4. The van der Waals surface area contributed by atoms with Crippen molar-refractivity contribution in [2.24, 2.45) is 10.2 Å². The summed E-state index contributed by atoms with van der Waals surface area (Å²) in [5.41, 5.74) is -1.93. The summed E-state index contributed by atoms with van der Waals surface area (Å²) >= 11 is 0. The van der Waals surface area contributed by atoms with Crippen molar-refractivity contribution in [1.29, 1.82) is 0 Å². The fraction of sp³-hybridized carbons (Fsp3) is 0.182. The number of fused-ring (bicyclic) bond motifs is 1. The Hall–Kier alpha value is -5.14. The normalized spacial score (nSPS) is 11.8. The Labute approximate surface area is 201 Å². The minimum atomic E-state index is -1.70. The van der Waals surface area contributed by atoms with E-state index in [9.17, 15) is 33.9 Å². The fourth-order valence-electron chi connectivity index (χ4n) is 3.08. The van der Waals surface area contributed by atoms with E-state index in [4.69, 9.17) is 4.74 Å². The Balaban J connectivity index is 1.98. The van der Waals surface area contributed by atoms with Gasteiger partial charge in [-0.3, -0.25) is 19.2 Å². The number of H-pyrrole nitrogens is 2. The summed E-state index contributed by atoms with van der Waals surface area (Å²) in [5.74, 6) is -3.70. The minimum absolute atomic E-state index is 0.0438. The number of aromatic nitrogens is 2. The van der Waals surface area contributed by atoms with Crippen LogP contribution in [0.1, 0.15) is 27.6 Å². The number of nitrogens with one attached hydrogen (secondary N) is 3. The summed E-state index contributed by atoms with van der Waals surface area (Å²) in [4.78, 5) is 76.3. The number of Topliss-reactive ketones (excluding diaryl/α,β-unsaturated/α-hetero) is 1. The van der Waals surface area contributed by atoms with Gasteiger partial charge in [0.25, 0.3) is 5.91 Å².